The zero-order valence-electron chi connectivity index (χ0n) is 12.1. The number of hydrogen-bond donors (Lipinski definition) is 0. The Morgan fingerprint density at radius 1 is 1.09 bits per heavy atom. The summed E-state index contributed by atoms with van der Waals surface area (Å²) in [5.74, 6) is 0.795. The lowest BCUT2D eigenvalue weighted by Crippen LogP contribution is -2.46. The number of nitrogens with zero attached hydrogens (tertiary/aromatic N) is 5. The molecule has 0 saturated carbocycles. The molecular formula is C15H17N5O2. The van der Waals surface area contributed by atoms with Crippen LogP contribution in [0.1, 0.15) is 5.69 Å². The largest absolute Gasteiger partial charge is 0.354 e. The second kappa shape index (κ2) is 6.48. The number of aromatic nitrogens is 2. The summed E-state index contributed by atoms with van der Waals surface area (Å²) in [5.41, 5.74) is 1.10. The van der Waals surface area contributed by atoms with Crippen molar-refractivity contribution in [2.24, 2.45) is 0 Å². The van der Waals surface area contributed by atoms with Gasteiger partial charge in [-0.15, -0.1) is 0 Å². The van der Waals surface area contributed by atoms with Gasteiger partial charge in [-0.25, -0.2) is 4.98 Å². The van der Waals surface area contributed by atoms with E-state index in [9.17, 15) is 10.1 Å². The van der Waals surface area contributed by atoms with Gasteiger partial charge in [-0.1, -0.05) is 6.07 Å². The van der Waals surface area contributed by atoms with Crippen LogP contribution in [-0.4, -0.2) is 46.0 Å². The molecule has 0 aliphatic carbocycles. The molecule has 0 bridgehead atoms. The summed E-state index contributed by atoms with van der Waals surface area (Å²) < 4.78 is 0. The highest BCUT2D eigenvalue weighted by Crippen LogP contribution is 2.17. The summed E-state index contributed by atoms with van der Waals surface area (Å²) in [5, 5.41) is 10.6. The molecule has 1 aliphatic heterocycles. The van der Waals surface area contributed by atoms with Crippen molar-refractivity contribution in [2.75, 3.05) is 31.1 Å². The van der Waals surface area contributed by atoms with Crippen molar-refractivity contribution in [1.82, 2.24) is 14.9 Å². The first-order valence-electron chi connectivity index (χ1n) is 7.20. The van der Waals surface area contributed by atoms with E-state index in [0.717, 1.165) is 44.2 Å². The summed E-state index contributed by atoms with van der Waals surface area (Å²) in [7, 11) is 0. The lowest BCUT2D eigenvalue weighted by molar-refractivity contribution is -0.385. The molecule has 22 heavy (non-hydrogen) atoms. The Morgan fingerprint density at radius 3 is 2.50 bits per heavy atom. The third kappa shape index (κ3) is 3.37. The molecule has 7 heteroatoms. The molecule has 0 aromatic carbocycles. The molecule has 2 aromatic rings. The van der Waals surface area contributed by atoms with Gasteiger partial charge < -0.3 is 4.90 Å². The topological polar surface area (TPSA) is 75.4 Å². The average Bonchev–Trinajstić information content (AvgIpc) is 2.57. The van der Waals surface area contributed by atoms with Gasteiger partial charge in [0.2, 0.25) is 0 Å². The van der Waals surface area contributed by atoms with Crippen LogP contribution in [0.5, 0.6) is 0 Å². The first kappa shape index (κ1) is 14.4. The molecule has 7 nitrogen and oxygen atoms in total. The fraction of sp³-hybridized carbons (Fsp3) is 0.333. The van der Waals surface area contributed by atoms with Crippen LogP contribution < -0.4 is 4.90 Å². The van der Waals surface area contributed by atoms with E-state index in [4.69, 9.17) is 0 Å². The van der Waals surface area contributed by atoms with Crippen LogP contribution >= 0.6 is 0 Å². The number of nitro groups is 1. The minimum absolute atomic E-state index is 0.0255. The number of anilines is 1. The third-order valence-electron chi connectivity index (χ3n) is 3.75. The fourth-order valence-electron chi connectivity index (χ4n) is 2.53. The van der Waals surface area contributed by atoms with E-state index in [0.29, 0.717) is 0 Å². The number of rotatable bonds is 4. The smallest absolute Gasteiger partial charge is 0.287 e. The zero-order valence-corrected chi connectivity index (χ0v) is 12.1. The van der Waals surface area contributed by atoms with E-state index in [1.807, 2.05) is 24.4 Å². The second-order valence-corrected chi connectivity index (χ2v) is 5.22. The van der Waals surface area contributed by atoms with Crippen molar-refractivity contribution in [3.8, 4) is 0 Å². The summed E-state index contributed by atoms with van der Waals surface area (Å²) >= 11 is 0. The Morgan fingerprint density at radius 2 is 1.91 bits per heavy atom. The van der Waals surface area contributed by atoms with E-state index in [2.05, 4.69) is 19.8 Å². The Balaban J connectivity index is 1.56. The van der Waals surface area contributed by atoms with Crippen LogP contribution in [0.3, 0.4) is 0 Å². The van der Waals surface area contributed by atoms with Gasteiger partial charge in [0.1, 0.15) is 12.0 Å². The van der Waals surface area contributed by atoms with Gasteiger partial charge in [-0.3, -0.25) is 20.0 Å². The van der Waals surface area contributed by atoms with E-state index < -0.39 is 4.92 Å². The minimum Gasteiger partial charge on any atom is -0.354 e. The highest BCUT2D eigenvalue weighted by molar-refractivity contribution is 5.43. The fourth-order valence-corrected chi connectivity index (χ4v) is 2.53. The van der Waals surface area contributed by atoms with E-state index >= 15 is 0 Å². The van der Waals surface area contributed by atoms with Crippen LogP contribution in [0.15, 0.2) is 42.7 Å². The molecule has 0 N–H and O–H groups in total. The van der Waals surface area contributed by atoms with Crippen molar-refractivity contribution in [3.05, 3.63) is 58.5 Å². The molecule has 0 amide bonds. The quantitative estimate of drug-likeness (QED) is 0.632. The van der Waals surface area contributed by atoms with Crippen molar-refractivity contribution in [2.45, 2.75) is 6.54 Å². The van der Waals surface area contributed by atoms with Gasteiger partial charge in [0, 0.05) is 45.0 Å². The van der Waals surface area contributed by atoms with Crippen LogP contribution in [0.25, 0.3) is 0 Å². The summed E-state index contributed by atoms with van der Waals surface area (Å²) in [6.07, 6.45) is 3.13. The van der Waals surface area contributed by atoms with Gasteiger partial charge in [0.05, 0.1) is 10.6 Å². The molecule has 3 rings (SSSR count). The van der Waals surface area contributed by atoms with Crippen LogP contribution in [-0.2, 0) is 6.54 Å². The van der Waals surface area contributed by atoms with Crippen molar-refractivity contribution < 1.29 is 4.92 Å². The molecule has 0 radical (unpaired) electrons. The van der Waals surface area contributed by atoms with Crippen molar-refractivity contribution in [1.29, 1.82) is 0 Å². The monoisotopic (exact) mass is 299 g/mol. The SMILES string of the molecule is O=[N+]([O-])c1ccc(N2CCN(Cc3ccccn3)CC2)nc1. The maximum atomic E-state index is 10.6. The van der Waals surface area contributed by atoms with Crippen LogP contribution in [0.4, 0.5) is 11.5 Å². The lowest BCUT2D eigenvalue weighted by Gasteiger charge is -2.35. The Labute approximate surface area is 128 Å². The van der Waals surface area contributed by atoms with Crippen LogP contribution in [0.2, 0.25) is 0 Å². The molecular weight excluding hydrogens is 282 g/mol. The van der Waals surface area contributed by atoms with Gasteiger partial charge in [0.15, 0.2) is 0 Å². The van der Waals surface area contributed by atoms with Gasteiger partial charge >= 0.3 is 0 Å². The maximum absolute atomic E-state index is 10.6. The van der Waals surface area contributed by atoms with Crippen molar-refractivity contribution in [3.63, 3.8) is 0 Å². The van der Waals surface area contributed by atoms with Gasteiger partial charge in [-0.05, 0) is 18.2 Å². The second-order valence-electron chi connectivity index (χ2n) is 5.22. The predicted octanol–water partition coefficient (Wildman–Crippen LogP) is 1.71. The zero-order chi connectivity index (χ0) is 15.4. The summed E-state index contributed by atoms with van der Waals surface area (Å²) in [4.78, 5) is 23.2. The normalized spacial score (nSPS) is 15.7. The molecule has 1 saturated heterocycles. The summed E-state index contributed by atoms with van der Waals surface area (Å²) in [6, 6.07) is 9.17. The van der Waals surface area contributed by atoms with Gasteiger partial charge in [-0.2, -0.15) is 0 Å². The molecule has 2 aromatic heterocycles. The Hall–Kier alpha value is -2.54. The minimum atomic E-state index is -0.429. The standard InChI is InChI=1S/C15H17N5O2/c21-20(22)14-4-5-15(17-11-14)19-9-7-18(8-10-19)12-13-3-1-2-6-16-13/h1-6,11H,7-10,12H2. The van der Waals surface area contributed by atoms with E-state index in [1.165, 1.54) is 12.3 Å². The Bertz CT molecular complexity index is 624. The van der Waals surface area contributed by atoms with E-state index in [-0.39, 0.29) is 5.69 Å². The Kier molecular flexibility index (Phi) is 4.24. The van der Waals surface area contributed by atoms with E-state index in [1.54, 1.807) is 6.07 Å². The van der Waals surface area contributed by atoms with Crippen molar-refractivity contribution >= 4 is 11.5 Å². The molecule has 1 aliphatic rings. The number of pyridine rings is 2. The first-order chi connectivity index (χ1) is 10.7. The molecule has 0 atom stereocenters. The number of piperazine rings is 1. The highest BCUT2D eigenvalue weighted by atomic mass is 16.6. The van der Waals surface area contributed by atoms with Gasteiger partial charge in [0.25, 0.3) is 5.69 Å². The summed E-state index contributed by atoms with van der Waals surface area (Å²) in [6.45, 7) is 4.42. The molecule has 3 heterocycles. The first-order valence-corrected chi connectivity index (χ1v) is 7.20. The highest BCUT2D eigenvalue weighted by Gasteiger charge is 2.19. The maximum Gasteiger partial charge on any atom is 0.287 e. The van der Waals surface area contributed by atoms with Crippen LogP contribution in [0, 0.1) is 10.1 Å². The predicted molar refractivity (Wildman–Crippen MR) is 82.6 cm³/mol. The molecule has 0 unspecified atom stereocenters. The third-order valence-corrected chi connectivity index (χ3v) is 3.75. The molecule has 1 fully saturated rings. The average molecular weight is 299 g/mol. The molecule has 0 spiro atoms. The number of hydrogen-bond acceptors (Lipinski definition) is 6. The molecule has 114 valence electrons. The lowest BCUT2D eigenvalue weighted by atomic mass is 10.2.